The van der Waals surface area contributed by atoms with Crippen molar-refractivity contribution in [2.75, 3.05) is 18.5 Å². The van der Waals surface area contributed by atoms with Crippen molar-refractivity contribution in [3.8, 4) is 5.75 Å². The molecule has 3 N–H and O–H groups in total. The topological polar surface area (TPSA) is 117 Å². The summed E-state index contributed by atoms with van der Waals surface area (Å²) in [6, 6.07) is 23.8. The summed E-state index contributed by atoms with van der Waals surface area (Å²) in [4.78, 5) is 43.7. The maximum Gasteiger partial charge on any atom is 0.246 e. The standard InChI is InChI=1S/C33H34BrN3O6/c1-2-42-23-15-13-22(14-16-23)36-30(39)26-27-32(41)37(25(19-38)21-11-7-4-8-12-21)29(33(27)17-24(34)28(26)43-33)31(40)35-18-20-9-5-3-6-10-20/h3-16,24-29,38H,2,17-19H2,1H3,(H,35,40)(H,36,39)/t24?,25-,26+,27+,28+,29?,33?/m1/s1. The molecule has 6 rings (SSSR count). The second-order valence-corrected chi connectivity index (χ2v) is 12.3. The molecule has 3 fully saturated rings. The number of likely N-dealkylation sites (tertiary alicyclic amines) is 1. The Balaban J connectivity index is 1.35. The number of alkyl halides is 1. The van der Waals surface area contributed by atoms with Crippen LogP contribution in [0.5, 0.6) is 5.75 Å². The van der Waals surface area contributed by atoms with Crippen LogP contribution in [0.3, 0.4) is 0 Å². The normalized spacial score (nSPS) is 27.9. The highest BCUT2D eigenvalue weighted by atomic mass is 79.9. The van der Waals surface area contributed by atoms with E-state index in [4.69, 9.17) is 9.47 Å². The van der Waals surface area contributed by atoms with E-state index in [0.717, 1.165) is 5.56 Å². The maximum absolute atomic E-state index is 14.5. The van der Waals surface area contributed by atoms with E-state index in [1.165, 1.54) is 4.90 Å². The molecule has 7 atom stereocenters. The third-order valence-corrected chi connectivity index (χ3v) is 9.56. The van der Waals surface area contributed by atoms with Crippen LogP contribution in [0.4, 0.5) is 5.69 Å². The summed E-state index contributed by atoms with van der Waals surface area (Å²) in [5, 5.41) is 16.6. The van der Waals surface area contributed by atoms with E-state index in [0.29, 0.717) is 30.0 Å². The van der Waals surface area contributed by atoms with Gasteiger partial charge in [-0.2, -0.15) is 0 Å². The third-order valence-electron chi connectivity index (χ3n) is 8.71. The number of aliphatic hydroxyl groups is 1. The SMILES string of the molecule is CCOc1ccc(NC(=O)[C@H]2[C@H]3C(=O)N([C@H](CO)c4ccccc4)C(C(=O)NCc4ccccc4)C34CC(Br)[C@@H]2O4)cc1. The van der Waals surface area contributed by atoms with Crippen molar-refractivity contribution < 1.29 is 29.0 Å². The van der Waals surface area contributed by atoms with Gasteiger partial charge in [-0.3, -0.25) is 14.4 Å². The number of halogens is 1. The number of fused-ring (bicyclic) bond motifs is 1. The molecule has 3 saturated heterocycles. The number of hydrogen-bond acceptors (Lipinski definition) is 6. The number of anilines is 1. The number of rotatable bonds is 10. The van der Waals surface area contributed by atoms with Gasteiger partial charge in [0, 0.05) is 17.1 Å². The van der Waals surface area contributed by atoms with E-state index >= 15 is 0 Å². The van der Waals surface area contributed by atoms with Crippen LogP contribution in [-0.4, -0.2) is 63.5 Å². The van der Waals surface area contributed by atoms with Crippen LogP contribution in [0.15, 0.2) is 84.9 Å². The average Bonchev–Trinajstić information content (AvgIpc) is 3.62. The molecular weight excluding hydrogens is 614 g/mol. The van der Waals surface area contributed by atoms with Crippen molar-refractivity contribution in [1.29, 1.82) is 0 Å². The van der Waals surface area contributed by atoms with E-state index in [-0.39, 0.29) is 29.1 Å². The Hall–Kier alpha value is -3.73. The number of hydrogen-bond donors (Lipinski definition) is 3. The number of carbonyl (C=O) groups excluding carboxylic acids is 3. The fraction of sp³-hybridized carbons (Fsp3) is 0.364. The van der Waals surface area contributed by atoms with Crippen LogP contribution in [0.25, 0.3) is 0 Å². The Kier molecular flexibility index (Phi) is 8.26. The summed E-state index contributed by atoms with van der Waals surface area (Å²) < 4.78 is 12.1. The number of nitrogens with zero attached hydrogens (tertiary/aromatic N) is 1. The van der Waals surface area contributed by atoms with Gasteiger partial charge in [0.1, 0.15) is 17.4 Å². The van der Waals surface area contributed by atoms with E-state index in [2.05, 4.69) is 26.6 Å². The summed E-state index contributed by atoms with van der Waals surface area (Å²) in [6.07, 6.45) is -0.235. The summed E-state index contributed by atoms with van der Waals surface area (Å²) in [6.45, 7) is 2.29. The first-order valence-electron chi connectivity index (χ1n) is 14.5. The van der Waals surface area contributed by atoms with Gasteiger partial charge in [-0.05, 0) is 48.7 Å². The van der Waals surface area contributed by atoms with Gasteiger partial charge in [-0.1, -0.05) is 76.6 Å². The molecule has 0 saturated carbocycles. The third kappa shape index (κ3) is 5.21. The van der Waals surface area contributed by atoms with Gasteiger partial charge in [-0.15, -0.1) is 0 Å². The minimum atomic E-state index is -1.25. The number of benzene rings is 3. The molecule has 0 aliphatic carbocycles. The molecule has 9 nitrogen and oxygen atoms in total. The second-order valence-electron chi connectivity index (χ2n) is 11.2. The minimum absolute atomic E-state index is 0.249. The fourth-order valence-corrected chi connectivity index (χ4v) is 7.88. The zero-order valence-electron chi connectivity index (χ0n) is 23.7. The molecule has 3 unspecified atom stereocenters. The van der Waals surface area contributed by atoms with Crippen LogP contribution in [0, 0.1) is 11.8 Å². The molecule has 1 spiro atoms. The van der Waals surface area contributed by atoms with E-state index in [9.17, 15) is 19.5 Å². The first kappa shape index (κ1) is 29.3. The van der Waals surface area contributed by atoms with Crippen molar-refractivity contribution in [1.82, 2.24) is 10.2 Å². The van der Waals surface area contributed by atoms with Crippen LogP contribution in [0.1, 0.15) is 30.5 Å². The molecule has 3 heterocycles. The van der Waals surface area contributed by atoms with Crippen molar-refractivity contribution >= 4 is 39.3 Å². The van der Waals surface area contributed by atoms with Crippen molar-refractivity contribution in [3.05, 3.63) is 96.1 Å². The number of aliphatic hydroxyl groups excluding tert-OH is 1. The highest BCUT2D eigenvalue weighted by Crippen LogP contribution is 2.61. The Morgan fingerprint density at radius 3 is 2.37 bits per heavy atom. The van der Waals surface area contributed by atoms with Gasteiger partial charge in [0.15, 0.2) is 0 Å². The van der Waals surface area contributed by atoms with Gasteiger partial charge in [0.25, 0.3) is 0 Å². The summed E-state index contributed by atoms with van der Waals surface area (Å²) in [7, 11) is 0. The highest BCUT2D eigenvalue weighted by molar-refractivity contribution is 9.09. The first-order valence-corrected chi connectivity index (χ1v) is 15.4. The molecule has 0 aromatic heterocycles. The Morgan fingerprint density at radius 2 is 1.72 bits per heavy atom. The van der Waals surface area contributed by atoms with Gasteiger partial charge in [-0.25, -0.2) is 0 Å². The predicted molar refractivity (Wildman–Crippen MR) is 163 cm³/mol. The number of nitrogens with one attached hydrogen (secondary N) is 2. The maximum atomic E-state index is 14.5. The quantitative estimate of drug-likeness (QED) is 0.288. The summed E-state index contributed by atoms with van der Waals surface area (Å²) >= 11 is 3.71. The minimum Gasteiger partial charge on any atom is -0.494 e. The van der Waals surface area contributed by atoms with Gasteiger partial charge < -0.3 is 30.1 Å². The van der Waals surface area contributed by atoms with Crippen LogP contribution in [-0.2, 0) is 25.7 Å². The van der Waals surface area contributed by atoms with Crippen LogP contribution >= 0.6 is 15.9 Å². The monoisotopic (exact) mass is 647 g/mol. The first-order chi connectivity index (χ1) is 20.9. The lowest BCUT2D eigenvalue weighted by atomic mass is 9.70. The van der Waals surface area contributed by atoms with Crippen LogP contribution < -0.4 is 15.4 Å². The zero-order chi connectivity index (χ0) is 30.1. The largest absolute Gasteiger partial charge is 0.494 e. The molecule has 3 aliphatic rings. The molecule has 2 bridgehead atoms. The Labute approximate surface area is 258 Å². The number of ether oxygens (including phenoxy) is 2. The molecule has 3 aliphatic heterocycles. The van der Waals surface area contributed by atoms with Crippen molar-refractivity contribution in [3.63, 3.8) is 0 Å². The lowest BCUT2D eigenvalue weighted by molar-refractivity contribution is -0.145. The van der Waals surface area contributed by atoms with Crippen molar-refractivity contribution in [2.24, 2.45) is 11.8 Å². The van der Waals surface area contributed by atoms with Crippen molar-refractivity contribution in [2.45, 2.75) is 48.5 Å². The van der Waals surface area contributed by atoms with E-state index in [1.807, 2.05) is 67.6 Å². The molecule has 3 amide bonds. The molecule has 0 radical (unpaired) electrons. The molecular formula is C33H34BrN3O6. The zero-order valence-corrected chi connectivity index (χ0v) is 25.3. The second kappa shape index (κ2) is 12.1. The molecule has 3 aromatic carbocycles. The smallest absolute Gasteiger partial charge is 0.246 e. The Morgan fingerprint density at radius 1 is 1.05 bits per heavy atom. The van der Waals surface area contributed by atoms with Crippen LogP contribution in [0.2, 0.25) is 0 Å². The molecule has 224 valence electrons. The Bertz CT molecular complexity index is 1470. The lowest BCUT2D eigenvalue weighted by Gasteiger charge is -2.37. The average molecular weight is 649 g/mol. The lowest BCUT2D eigenvalue weighted by Crippen LogP contribution is -2.56. The number of carbonyl (C=O) groups is 3. The van der Waals surface area contributed by atoms with E-state index < -0.39 is 42.2 Å². The fourth-order valence-electron chi connectivity index (χ4n) is 6.94. The van der Waals surface area contributed by atoms with E-state index in [1.54, 1.807) is 24.3 Å². The molecule has 43 heavy (non-hydrogen) atoms. The summed E-state index contributed by atoms with van der Waals surface area (Å²) in [5.74, 6) is -2.19. The summed E-state index contributed by atoms with van der Waals surface area (Å²) in [5.41, 5.74) is 0.911. The van der Waals surface area contributed by atoms with Gasteiger partial charge >= 0.3 is 0 Å². The highest BCUT2D eigenvalue weighted by Gasteiger charge is 2.77. The van der Waals surface area contributed by atoms with Gasteiger partial charge in [0.05, 0.1) is 37.2 Å². The number of amides is 3. The molecule has 3 aromatic rings. The predicted octanol–water partition coefficient (Wildman–Crippen LogP) is 3.82. The molecule has 10 heteroatoms. The van der Waals surface area contributed by atoms with Gasteiger partial charge in [0.2, 0.25) is 17.7 Å².